The highest BCUT2D eigenvalue weighted by molar-refractivity contribution is 9.10. The van der Waals surface area contributed by atoms with E-state index in [9.17, 15) is 4.39 Å². The average molecular weight is 305 g/mol. The lowest BCUT2D eigenvalue weighted by Crippen LogP contribution is -2.00. The first kappa shape index (κ1) is 12.6. The molecule has 2 aromatic rings. The van der Waals surface area contributed by atoms with E-state index in [4.69, 9.17) is 5.26 Å². The molecule has 0 spiro atoms. The second-order valence-corrected chi connectivity index (χ2v) is 4.74. The lowest BCUT2D eigenvalue weighted by Gasteiger charge is -2.07. The van der Waals surface area contributed by atoms with Crippen molar-refractivity contribution in [2.45, 2.75) is 6.54 Å². The van der Waals surface area contributed by atoms with Gasteiger partial charge in [-0.3, -0.25) is 0 Å². The lowest BCUT2D eigenvalue weighted by molar-refractivity contribution is 0.625. The van der Waals surface area contributed by atoms with Crippen molar-refractivity contribution in [2.75, 3.05) is 5.32 Å². The van der Waals surface area contributed by atoms with E-state index in [0.29, 0.717) is 12.1 Å². The minimum Gasteiger partial charge on any atom is -0.381 e. The molecule has 0 aliphatic heterocycles. The summed E-state index contributed by atoms with van der Waals surface area (Å²) in [5, 5.41) is 11.9. The Bertz CT molecular complexity index is 588. The Hall–Kier alpha value is -1.86. The number of rotatable bonds is 3. The van der Waals surface area contributed by atoms with Gasteiger partial charge in [-0.2, -0.15) is 5.26 Å². The van der Waals surface area contributed by atoms with Crippen LogP contribution in [-0.2, 0) is 6.54 Å². The number of hydrogen-bond acceptors (Lipinski definition) is 2. The highest BCUT2D eigenvalue weighted by atomic mass is 79.9. The van der Waals surface area contributed by atoms with E-state index < -0.39 is 0 Å². The zero-order valence-electron chi connectivity index (χ0n) is 9.45. The molecule has 0 atom stereocenters. The van der Waals surface area contributed by atoms with E-state index >= 15 is 0 Å². The molecule has 0 aliphatic carbocycles. The fraction of sp³-hybridized carbons (Fsp3) is 0.0714. The predicted octanol–water partition coefficient (Wildman–Crippen LogP) is 4.07. The molecule has 0 saturated heterocycles. The minimum absolute atomic E-state index is 0.336. The number of benzene rings is 2. The maximum absolute atomic E-state index is 13.2. The van der Waals surface area contributed by atoms with Crippen molar-refractivity contribution < 1.29 is 4.39 Å². The van der Waals surface area contributed by atoms with Gasteiger partial charge >= 0.3 is 0 Å². The minimum atomic E-state index is -0.387. The third-order valence-electron chi connectivity index (χ3n) is 2.43. The number of nitrogens with one attached hydrogen (secondary N) is 1. The van der Waals surface area contributed by atoms with Crippen molar-refractivity contribution in [3.63, 3.8) is 0 Å². The molecular formula is C14H10BrFN2. The number of anilines is 1. The van der Waals surface area contributed by atoms with Gasteiger partial charge in [-0.05, 0) is 48.0 Å². The molecule has 90 valence electrons. The fourth-order valence-corrected chi connectivity index (χ4v) is 1.85. The molecular weight excluding hydrogens is 295 g/mol. The number of halogens is 2. The van der Waals surface area contributed by atoms with Gasteiger partial charge in [-0.15, -0.1) is 0 Å². The van der Waals surface area contributed by atoms with Crippen molar-refractivity contribution in [1.82, 2.24) is 0 Å². The third-order valence-corrected chi connectivity index (χ3v) is 2.96. The molecule has 0 saturated carbocycles. The summed E-state index contributed by atoms with van der Waals surface area (Å²) in [6, 6.07) is 14.0. The number of nitrogens with zero attached hydrogens (tertiary/aromatic N) is 1. The Balaban J connectivity index is 2.08. The predicted molar refractivity (Wildman–Crippen MR) is 72.6 cm³/mol. The molecule has 0 bridgehead atoms. The summed E-state index contributed by atoms with van der Waals surface area (Å²) in [6.45, 7) is 0.480. The summed E-state index contributed by atoms with van der Waals surface area (Å²) in [4.78, 5) is 0. The summed E-state index contributed by atoms with van der Waals surface area (Å²) >= 11 is 3.36. The molecule has 18 heavy (non-hydrogen) atoms. The van der Waals surface area contributed by atoms with Crippen LogP contribution >= 0.6 is 15.9 Å². The molecule has 0 aromatic heterocycles. The van der Waals surface area contributed by atoms with Gasteiger partial charge in [-0.1, -0.05) is 15.9 Å². The van der Waals surface area contributed by atoms with Gasteiger partial charge < -0.3 is 5.32 Å². The largest absolute Gasteiger partial charge is 0.381 e. The van der Waals surface area contributed by atoms with Gasteiger partial charge in [0, 0.05) is 16.7 Å². The standard InChI is InChI=1S/C14H10BrFN2/c15-12-1-3-14(4-2-12)18-9-11-5-10(8-17)6-13(16)7-11/h1-7,18H,9H2. The highest BCUT2D eigenvalue weighted by Crippen LogP contribution is 2.16. The van der Waals surface area contributed by atoms with Crippen LogP contribution < -0.4 is 5.32 Å². The van der Waals surface area contributed by atoms with Gasteiger partial charge in [0.1, 0.15) is 5.82 Å². The van der Waals surface area contributed by atoms with E-state index in [1.165, 1.54) is 12.1 Å². The zero-order valence-corrected chi connectivity index (χ0v) is 11.0. The summed E-state index contributed by atoms with van der Waals surface area (Å²) in [7, 11) is 0. The van der Waals surface area contributed by atoms with E-state index in [-0.39, 0.29) is 5.82 Å². The lowest BCUT2D eigenvalue weighted by atomic mass is 10.1. The molecule has 2 aromatic carbocycles. The molecule has 2 rings (SSSR count). The summed E-state index contributed by atoms with van der Waals surface area (Å²) in [5.74, 6) is -0.387. The molecule has 0 fully saturated rings. The van der Waals surface area contributed by atoms with Crippen molar-refractivity contribution in [1.29, 1.82) is 5.26 Å². The van der Waals surface area contributed by atoms with E-state index in [2.05, 4.69) is 21.2 Å². The van der Waals surface area contributed by atoms with Crippen LogP contribution in [0.3, 0.4) is 0 Å². The maximum atomic E-state index is 13.2. The van der Waals surface area contributed by atoms with E-state index in [1.807, 2.05) is 30.3 Å². The molecule has 0 aliphatic rings. The fourth-order valence-electron chi connectivity index (χ4n) is 1.59. The molecule has 0 radical (unpaired) electrons. The maximum Gasteiger partial charge on any atom is 0.124 e. The number of nitriles is 1. The molecule has 0 amide bonds. The Morgan fingerprint density at radius 1 is 1.17 bits per heavy atom. The SMILES string of the molecule is N#Cc1cc(F)cc(CNc2ccc(Br)cc2)c1. The van der Waals surface area contributed by atoms with E-state index in [1.54, 1.807) is 6.07 Å². The topological polar surface area (TPSA) is 35.8 Å². The van der Waals surface area contributed by atoms with E-state index in [0.717, 1.165) is 15.7 Å². The molecule has 4 heteroatoms. The molecule has 2 nitrogen and oxygen atoms in total. The van der Waals surface area contributed by atoms with Crippen molar-refractivity contribution in [3.05, 3.63) is 63.9 Å². The van der Waals surface area contributed by atoms with Crippen LogP contribution in [0.1, 0.15) is 11.1 Å². The highest BCUT2D eigenvalue weighted by Gasteiger charge is 2.00. The second-order valence-electron chi connectivity index (χ2n) is 3.82. The second kappa shape index (κ2) is 5.65. The van der Waals surface area contributed by atoms with Crippen LogP contribution in [0, 0.1) is 17.1 Å². The van der Waals surface area contributed by atoms with Gasteiger partial charge in [0.05, 0.1) is 11.6 Å². The monoisotopic (exact) mass is 304 g/mol. The smallest absolute Gasteiger partial charge is 0.124 e. The molecule has 1 N–H and O–H groups in total. The molecule has 0 heterocycles. The van der Waals surface area contributed by atoms with Gasteiger partial charge in [0.2, 0.25) is 0 Å². The normalized spacial score (nSPS) is 9.83. The third kappa shape index (κ3) is 3.31. The van der Waals surface area contributed by atoms with Gasteiger partial charge in [0.15, 0.2) is 0 Å². The van der Waals surface area contributed by atoms with Crippen LogP contribution in [0.15, 0.2) is 46.9 Å². The first-order valence-electron chi connectivity index (χ1n) is 5.36. The Labute approximate surface area is 113 Å². The van der Waals surface area contributed by atoms with Gasteiger partial charge in [-0.25, -0.2) is 4.39 Å². The molecule has 0 unspecified atom stereocenters. The number of hydrogen-bond donors (Lipinski definition) is 1. The Morgan fingerprint density at radius 3 is 2.56 bits per heavy atom. The van der Waals surface area contributed by atoms with Crippen molar-refractivity contribution >= 4 is 21.6 Å². The summed E-state index contributed by atoms with van der Waals surface area (Å²) in [5.41, 5.74) is 2.03. The Morgan fingerprint density at radius 2 is 1.89 bits per heavy atom. The van der Waals surface area contributed by atoms with Crippen LogP contribution in [-0.4, -0.2) is 0 Å². The van der Waals surface area contributed by atoms with Crippen molar-refractivity contribution in [2.24, 2.45) is 0 Å². The summed E-state index contributed by atoms with van der Waals surface area (Å²) in [6.07, 6.45) is 0. The van der Waals surface area contributed by atoms with Crippen LogP contribution in [0.5, 0.6) is 0 Å². The van der Waals surface area contributed by atoms with Crippen LogP contribution in [0.2, 0.25) is 0 Å². The van der Waals surface area contributed by atoms with Crippen LogP contribution in [0.4, 0.5) is 10.1 Å². The van der Waals surface area contributed by atoms with Crippen molar-refractivity contribution in [3.8, 4) is 6.07 Å². The quantitative estimate of drug-likeness (QED) is 0.927. The first-order chi connectivity index (χ1) is 8.67. The average Bonchev–Trinajstić information content (AvgIpc) is 2.37. The first-order valence-corrected chi connectivity index (χ1v) is 6.16. The summed E-state index contributed by atoms with van der Waals surface area (Å²) < 4.78 is 14.2. The van der Waals surface area contributed by atoms with Crippen LogP contribution in [0.25, 0.3) is 0 Å². The zero-order chi connectivity index (χ0) is 13.0. The Kier molecular flexibility index (Phi) is 3.96. The van der Waals surface area contributed by atoms with Gasteiger partial charge in [0.25, 0.3) is 0 Å².